The van der Waals surface area contributed by atoms with E-state index in [-0.39, 0.29) is 12.0 Å². The number of carbonyl (C=O) groups is 1. The Labute approximate surface area is 116 Å². The fourth-order valence-electron chi connectivity index (χ4n) is 2.09. The van der Waals surface area contributed by atoms with Crippen LogP contribution >= 0.6 is 0 Å². The van der Waals surface area contributed by atoms with Gasteiger partial charge >= 0.3 is 5.97 Å². The zero-order valence-electron chi connectivity index (χ0n) is 12.0. The molecule has 106 valence electrons. The van der Waals surface area contributed by atoms with Gasteiger partial charge in [-0.25, -0.2) is 0 Å². The molecule has 0 saturated heterocycles. The first-order chi connectivity index (χ1) is 9.17. The molecule has 3 heteroatoms. The number of rotatable bonds is 8. The van der Waals surface area contributed by atoms with Crippen LogP contribution in [0.25, 0.3) is 0 Å². The van der Waals surface area contributed by atoms with Crippen LogP contribution in [0, 0.1) is 0 Å². The van der Waals surface area contributed by atoms with Crippen LogP contribution < -0.4 is 5.73 Å². The zero-order valence-corrected chi connectivity index (χ0v) is 12.0. The first kappa shape index (κ1) is 15.7. The highest BCUT2D eigenvalue weighted by Crippen LogP contribution is 2.18. The summed E-state index contributed by atoms with van der Waals surface area (Å²) in [6.45, 7) is 4.44. The van der Waals surface area contributed by atoms with Crippen molar-refractivity contribution in [2.24, 2.45) is 5.73 Å². The van der Waals surface area contributed by atoms with Gasteiger partial charge in [0.25, 0.3) is 0 Å². The predicted octanol–water partition coefficient (Wildman–Crippen LogP) is 3.37. The van der Waals surface area contributed by atoms with Crippen LogP contribution in [0.5, 0.6) is 0 Å². The van der Waals surface area contributed by atoms with Crippen LogP contribution in [0.4, 0.5) is 0 Å². The lowest BCUT2D eigenvalue weighted by Crippen LogP contribution is -2.11. The first-order valence-corrected chi connectivity index (χ1v) is 7.17. The lowest BCUT2D eigenvalue weighted by Gasteiger charge is -2.12. The van der Waals surface area contributed by atoms with Gasteiger partial charge < -0.3 is 10.5 Å². The second-order valence-electron chi connectivity index (χ2n) is 4.80. The number of carbonyl (C=O) groups excluding carboxylic acids is 1. The van der Waals surface area contributed by atoms with Crippen LogP contribution in [0.15, 0.2) is 24.3 Å². The Balaban J connectivity index is 2.36. The molecule has 0 heterocycles. The molecule has 1 atom stereocenters. The third-order valence-electron chi connectivity index (χ3n) is 3.15. The number of nitrogens with two attached hydrogens (primary N) is 1. The summed E-state index contributed by atoms with van der Waals surface area (Å²) in [4.78, 5) is 11.2. The molecule has 0 fully saturated rings. The van der Waals surface area contributed by atoms with E-state index in [0.29, 0.717) is 13.0 Å². The highest BCUT2D eigenvalue weighted by Gasteiger charge is 2.08. The monoisotopic (exact) mass is 263 g/mol. The van der Waals surface area contributed by atoms with Crippen molar-refractivity contribution in [1.29, 1.82) is 0 Å². The number of aryl methyl sites for hydroxylation is 1. The molecule has 0 saturated carbocycles. The fourth-order valence-corrected chi connectivity index (χ4v) is 2.09. The Morgan fingerprint density at radius 1 is 1.26 bits per heavy atom. The molecule has 0 aliphatic rings. The van der Waals surface area contributed by atoms with Crippen molar-refractivity contribution in [2.75, 3.05) is 6.61 Å². The van der Waals surface area contributed by atoms with Crippen molar-refractivity contribution in [3.8, 4) is 0 Å². The Morgan fingerprint density at radius 3 is 2.53 bits per heavy atom. The minimum absolute atomic E-state index is 0.00473. The van der Waals surface area contributed by atoms with E-state index in [0.717, 1.165) is 31.2 Å². The Hall–Kier alpha value is -1.35. The van der Waals surface area contributed by atoms with Gasteiger partial charge in [-0.3, -0.25) is 4.79 Å². The smallest absolute Gasteiger partial charge is 0.305 e. The third-order valence-corrected chi connectivity index (χ3v) is 3.15. The van der Waals surface area contributed by atoms with Crippen LogP contribution in [-0.2, 0) is 16.0 Å². The number of hydrogen-bond donors (Lipinski definition) is 1. The highest BCUT2D eigenvalue weighted by molar-refractivity contribution is 5.69. The van der Waals surface area contributed by atoms with Gasteiger partial charge in [0.05, 0.1) is 6.61 Å². The predicted molar refractivity (Wildman–Crippen MR) is 77.8 cm³/mol. The Kier molecular flexibility index (Phi) is 7.19. The molecule has 1 aromatic carbocycles. The molecule has 1 unspecified atom stereocenters. The minimum atomic E-state index is -0.131. The topological polar surface area (TPSA) is 52.3 Å². The zero-order chi connectivity index (χ0) is 14.1. The summed E-state index contributed by atoms with van der Waals surface area (Å²) >= 11 is 0. The van der Waals surface area contributed by atoms with E-state index in [4.69, 9.17) is 10.5 Å². The standard InChI is InChI=1S/C16H25NO2/c1-3-6-13-9-11-14(12-10-13)15(17)7-5-8-16(18)19-4-2/h9-12,15H,3-8,17H2,1-2H3. The van der Waals surface area contributed by atoms with Crippen molar-refractivity contribution < 1.29 is 9.53 Å². The van der Waals surface area contributed by atoms with Gasteiger partial charge in [0.1, 0.15) is 0 Å². The van der Waals surface area contributed by atoms with Crippen LogP contribution in [0.3, 0.4) is 0 Å². The summed E-state index contributed by atoms with van der Waals surface area (Å²) in [5.74, 6) is -0.131. The molecule has 3 nitrogen and oxygen atoms in total. The average molecular weight is 263 g/mol. The number of ether oxygens (including phenoxy) is 1. The second kappa shape index (κ2) is 8.70. The summed E-state index contributed by atoms with van der Waals surface area (Å²) < 4.78 is 4.89. The SMILES string of the molecule is CCCc1ccc(C(N)CCCC(=O)OCC)cc1. The van der Waals surface area contributed by atoms with Crippen molar-refractivity contribution in [2.45, 2.75) is 52.0 Å². The van der Waals surface area contributed by atoms with Crippen molar-refractivity contribution >= 4 is 5.97 Å². The molecule has 0 aliphatic heterocycles. The minimum Gasteiger partial charge on any atom is -0.466 e. The van der Waals surface area contributed by atoms with E-state index in [9.17, 15) is 4.79 Å². The number of benzene rings is 1. The van der Waals surface area contributed by atoms with E-state index < -0.39 is 0 Å². The van der Waals surface area contributed by atoms with Gasteiger partial charge in [-0.05, 0) is 37.3 Å². The van der Waals surface area contributed by atoms with Crippen LogP contribution in [-0.4, -0.2) is 12.6 Å². The van der Waals surface area contributed by atoms with Crippen molar-refractivity contribution in [3.63, 3.8) is 0 Å². The van der Waals surface area contributed by atoms with Gasteiger partial charge in [-0.2, -0.15) is 0 Å². The fraction of sp³-hybridized carbons (Fsp3) is 0.562. The summed E-state index contributed by atoms with van der Waals surface area (Å²) in [7, 11) is 0. The van der Waals surface area contributed by atoms with Crippen molar-refractivity contribution in [1.82, 2.24) is 0 Å². The quantitative estimate of drug-likeness (QED) is 0.732. The second-order valence-corrected chi connectivity index (χ2v) is 4.80. The molecule has 0 spiro atoms. The largest absolute Gasteiger partial charge is 0.466 e. The Morgan fingerprint density at radius 2 is 1.95 bits per heavy atom. The molecular formula is C16H25NO2. The number of hydrogen-bond acceptors (Lipinski definition) is 3. The molecule has 2 N–H and O–H groups in total. The maximum Gasteiger partial charge on any atom is 0.305 e. The first-order valence-electron chi connectivity index (χ1n) is 7.17. The van der Waals surface area contributed by atoms with E-state index in [1.165, 1.54) is 5.56 Å². The molecule has 0 aliphatic carbocycles. The summed E-state index contributed by atoms with van der Waals surface area (Å²) in [6, 6.07) is 8.49. The summed E-state index contributed by atoms with van der Waals surface area (Å²) in [6.07, 6.45) is 4.31. The maximum atomic E-state index is 11.2. The van der Waals surface area contributed by atoms with Crippen LogP contribution in [0.1, 0.15) is 56.7 Å². The highest BCUT2D eigenvalue weighted by atomic mass is 16.5. The van der Waals surface area contributed by atoms with Gasteiger partial charge in [0.15, 0.2) is 0 Å². The lowest BCUT2D eigenvalue weighted by atomic mass is 9.99. The van der Waals surface area contributed by atoms with Crippen molar-refractivity contribution in [3.05, 3.63) is 35.4 Å². The lowest BCUT2D eigenvalue weighted by molar-refractivity contribution is -0.143. The normalized spacial score (nSPS) is 12.2. The number of esters is 1. The summed E-state index contributed by atoms with van der Waals surface area (Å²) in [5.41, 5.74) is 8.62. The average Bonchev–Trinajstić information content (AvgIpc) is 2.40. The molecule has 1 rings (SSSR count). The third kappa shape index (κ3) is 5.88. The van der Waals surface area contributed by atoms with E-state index >= 15 is 0 Å². The van der Waals surface area contributed by atoms with E-state index in [2.05, 4.69) is 31.2 Å². The molecule has 0 radical (unpaired) electrons. The van der Waals surface area contributed by atoms with Gasteiger partial charge in [0, 0.05) is 12.5 Å². The van der Waals surface area contributed by atoms with Gasteiger partial charge in [-0.1, -0.05) is 37.6 Å². The maximum absolute atomic E-state index is 11.2. The molecular weight excluding hydrogens is 238 g/mol. The molecule has 0 aromatic heterocycles. The van der Waals surface area contributed by atoms with E-state index in [1.54, 1.807) is 0 Å². The summed E-state index contributed by atoms with van der Waals surface area (Å²) in [5, 5.41) is 0. The Bertz CT molecular complexity index is 373. The van der Waals surface area contributed by atoms with Crippen LogP contribution in [0.2, 0.25) is 0 Å². The molecule has 1 aromatic rings. The molecule has 0 amide bonds. The molecule has 0 bridgehead atoms. The van der Waals surface area contributed by atoms with E-state index in [1.807, 2.05) is 6.92 Å². The van der Waals surface area contributed by atoms with Gasteiger partial charge in [0.2, 0.25) is 0 Å². The molecule has 19 heavy (non-hydrogen) atoms. The van der Waals surface area contributed by atoms with Gasteiger partial charge in [-0.15, -0.1) is 0 Å².